The number of esters is 2. The van der Waals surface area contributed by atoms with Crippen molar-refractivity contribution in [1.82, 2.24) is 0 Å². The molecular weight excluding hydrogens is 440 g/mol. The van der Waals surface area contributed by atoms with Crippen LogP contribution in [0.25, 0.3) is 0 Å². The Morgan fingerprint density at radius 3 is 2.50 bits per heavy atom. The summed E-state index contributed by atoms with van der Waals surface area (Å²) in [4.78, 5) is 49.8. The molecule has 0 unspecified atom stereocenters. The van der Waals surface area contributed by atoms with Crippen molar-refractivity contribution in [1.29, 1.82) is 0 Å². The number of nitrogens with zero attached hydrogens (tertiary/aromatic N) is 1. The number of anilines is 2. The fourth-order valence-electron chi connectivity index (χ4n) is 3.23. The molecule has 0 aromatic heterocycles. The van der Waals surface area contributed by atoms with Crippen molar-refractivity contribution in [3.8, 4) is 5.75 Å². The Labute approximate surface area is 189 Å². The maximum Gasteiger partial charge on any atom is 0.337 e. The number of ether oxygens (including phenoxy) is 3. The number of nitrogens with one attached hydrogen (secondary N) is 1. The molecule has 1 aliphatic rings. The minimum atomic E-state index is -0.724. The number of halogens is 1. The number of rotatable bonds is 7. The fraction of sp³-hybridized carbons (Fsp3) is 0.273. The average molecular weight is 461 g/mol. The summed E-state index contributed by atoms with van der Waals surface area (Å²) in [5.74, 6) is -2.25. The highest BCUT2D eigenvalue weighted by atomic mass is 35.5. The third-order valence-corrected chi connectivity index (χ3v) is 5.06. The number of hydrogen-bond donors (Lipinski definition) is 1. The van der Waals surface area contributed by atoms with Crippen molar-refractivity contribution in [2.45, 2.75) is 6.42 Å². The normalized spacial score (nSPS) is 15.3. The predicted octanol–water partition coefficient (Wildman–Crippen LogP) is 2.67. The largest absolute Gasteiger partial charge is 0.495 e. The zero-order chi connectivity index (χ0) is 23.3. The van der Waals surface area contributed by atoms with Crippen LogP contribution in [0.3, 0.4) is 0 Å². The fourth-order valence-corrected chi connectivity index (χ4v) is 3.40. The van der Waals surface area contributed by atoms with E-state index < -0.39 is 30.4 Å². The van der Waals surface area contributed by atoms with Crippen molar-refractivity contribution >= 4 is 46.7 Å². The molecule has 0 aliphatic carbocycles. The lowest BCUT2D eigenvalue weighted by Gasteiger charge is -2.19. The average Bonchev–Trinajstić information content (AvgIpc) is 3.19. The van der Waals surface area contributed by atoms with Crippen molar-refractivity contribution in [2.75, 3.05) is 37.6 Å². The van der Waals surface area contributed by atoms with E-state index >= 15 is 0 Å². The highest BCUT2D eigenvalue weighted by Gasteiger charge is 2.37. The number of benzene rings is 2. The maximum absolute atomic E-state index is 12.5. The van der Waals surface area contributed by atoms with Crippen molar-refractivity contribution in [3.63, 3.8) is 0 Å². The van der Waals surface area contributed by atoms with E-state index in [4.69, 9.17) is 21.1 Å². The van der Waals surface area contributed by atoms with Gasteiger partial charge in [0.05, 0.1) is 31.4 Å². The Bertz CT molecular complexity index is 1040. The van der Waals surface area contributed by atoms with Crippen LogP contribution in [0.4, 0.5) is 11.4 Å². The Balaban J connectivity index is 1.54. The molecule has 1 aliphatic heterocycles. The molecular formula is C22H21ClN2O7. The zero-order valence-corrected chi connectivity index (χ0v) is 18.2. The van der Waals surface area contributed by atoms with Gasteiger partial charge in [-0.3, -0.25) is 14.4 Å². The summed E-state index contributed by atoms with van der Waals surface area (Å²) in [6.07, 6.45) is -0.0505. The molecule has 10 heteroatoms. The minimum absolute atomic E-state index is 0.0505. The van der Waals surface area contributed by atoms with Crippen LogP contribution < -0.4 is 15.0 Å². The molecule has 3 rings (SSSR count). The molecule has 0 spiro atoms. The molecule has 1 saturated heterocycles. The second-order valence-corrected chi connectivity index (χ2v) is 7.38. The van der Waals surface area contributed by atoms with Gasteiger partial charge in [0.25, 0.3) is 5.91 Å². The van der Waals surface area contributed by atoms with Crippen LogP contribution in [0.5, 0.6) is 5.75 Å². The van der Waals surface area contributed by atoms with Crippen molar-refractivity contribution in [2.24, 2.45) is 5.92 Å². The second kappa shape index (κ2) is 10.1. The summed E-state index contributed by atoms with van der Waals surface area (Å²) in [6.45, 7) is -0.423. The summed E-state index contributed by atoms with van der Waals surface area (Å²) in [6, 6.07) is 10.9. The van der Waals surface area contributed by atoms with Crippen LogP contribution in [0.1, 0.15) is 16.8 Å². The standard InChI is InChI=1S/C22H21ClN2O7/c1-30-18-8-5-15(23)10-17(18)25-11-14(9-20(25)27)22(29)32-12-19(26)24-16-6-3-13(4-7-16)21(28)31-2/h3-8,10,14H,9,11-12H2,1-2H3,(H,24,26)/t14-/m1/s1. The van der Waals surface area contributed by atoms with Crippen LogP contribution >= 0.6 is 11.6 Å². The lowest BCUT2D eigenvalue weighted by Crippen LogP contribution is -2.28. The van der Waals surface area contributed by atoms with E-state index in [2.05, 4.69) is 10.1 Å². The van der Waals surface area contributed by atoms with Crippen molar-refractivity contribution in [3.05, 3.63) is 53.1 Å². The quantitative estimate of drug-likeness (QED) is 0.632. The summed E-state index contributed by atoms with van der Waals surface area (Å²) in [5.41, 5.74) is 1.23. The van der Waals surface area contributed by atoms with Crippen molar-refractivity contribution < 1.29 is 33.4 Å². The van der Waals surface area contributed by atoms with Crippen LogP contribution in [-0.2, 0) is 23.9 Å². The minimum Gasteiger partial charge on any atom is -0.495 e. The molecule has 2 aromatic rings. The molecule has 0 saturated carbocycles. The smallest absolute Gasteiger partial charge is 0.337 e. The van der Waals surface area contributed by atoms with Gasteiger partial charge in [-0.1, -0.05) is 11.6 Å². The van der Waals surface area contributed by atoms with E-state index in [9.17, 15) is 19.2 Å². The number of methoxy groups -OCH3 is 2. The first-order valence-electron chi connectivity index (χ1n) is 9.61. The Hall–Kier alpha value is -3.59. The van der Waals surface area contributed by atoms with Gasteiger partial charge in [0.2, 0.25) is 5.91 Å². The molecule has 0 bridgehead atoms. The molecule has 1 heterocycles. The molecule has 2 amide bonds. The Morgan fingerprint density at radius 1 is 1.12 bits per heavy atom. The Morgan fingerprint density at radius 2 is 1.84 bits per heavy atom. The van der Waals surface area contributed by atoms with Crippen LogP contribution in [0.15, 0.2) is 42.5 Å². The lowest BCUT2D eigenvalue weighted by atomic mass is 10.1. The van der Waals surface area contributed by atoms with Gasteiger partial charge in [-0.25, -0.2) is 4.79 Å². The van der Waals surface area contributed by atoms with Gasteiger partial charge in [-0.05, 0) is 42.5 Å². The maximum atomic E-state index is 12.5. The van der Waals surface area contributed by atoms with Gasteiger partial charge in [-0.2, -0.15) is 0 Å². The van der Waals surface area contributed by atoms with Gasteiger partial charge in [-0.15, -0.1) is 0 Å². The number of amides is 2. The molecule has 1 fully saturated rings. The van der Waals surface area contributed by atoms with Gasteiger partial charge in [0.15, 0.2) is 6.61 Å². The topological polar surface area (TPSA) is 111 Å². The van der Waals surface area contributed by atoms with Crippen LogP contribution in [-0.4, -0.2) is 51.1 Å². The highest BCUT2D eigenvalue weighted by molar-refractivity contribution is 6.31. The van der Waals surface area contributed by atoms with Crippen LogP contribution in [0.2, 0.25) is 5.02 Å². The van der Waals surface area contributed by atoms with E-state index in [1.165, 1.54) is 43.4 Å². The molecule has 1 atom stereocenters. The van der Waals surface area contributed by atoms with Gasteiger partial charge in [0, 0.05) is 23.7 Å². The van der Waals surface area contributed by atoms with E-state index in [0.29, 0.717) is 27.7 Å². The van der Waals surface area contributed by atoms with Gasteiger partial charge in [0.1, 0.15) is 5.75 Å². The first-order valence-corrected chi connectivity index (χ1v) is 9.99. The van der Waals surface area contributed by atoms with E-state index in [-0.39, 0.29) is 18.9 Å². The highest BCUT2D eigenvalue weighted by Crippen LogP contribution is 2.35. The molecule has 32 heavy (non-hydrogen) atoms. The zero-order valence-electron chi connectivity index (χ0n) is 17.4. The molecule has 9 nitrogen and oxygen atoms in total. The molecule has 168 valence electrons. The summed E-state index contributed by atoms with van der Waals surface area (Å²) in [7, 11) is 2.75. The second-order valence-electron chi connectivity index (χ2n) is 6.95. The SMILES string of the molecule is COC(=O)c1ccc(NC(=O)COC(=O)[C@@H]2CC(=O)N(c3cc(Cl)ccc3OC)C2)cc1. The third-order valence-electron chi connectivity index (χ3n) is 4.83. The number of carbonyl (C=O) groups is 4. The summed E-state index contributed by atoms with van der Waals surface area (Å²) in [5, 5.41) is 2.99. The molecule has 1 N–H and O–H groups in total. The lowest BCUT2D eigenvalue weighted by molar-refractivity contribution is -0.151. The predicted molar refractivity (Wildman–Crippen MR) is 116 cm³/mol. The first kappa shape index (κ1) is 23.1. The van der Waals surface area contributed by atoms with E-state index in [1.807, 2.05) is 0 Å². The van der Waals surface area contributed by atoms with E-state index in [0.717, 1.165) is 0 Å². The van der Waals surface area contributed by atoms with Gasteiger partial charge >= 0.3 is 11.9 Å². The van der Waals surface area contributed by atoms with E-state index in [1.54, 1.807) is 18.2 Å². The molecule has 0 radical (unpaired) electrons. The third kappa shape index (κ3) is 5.36. The van der Waals surface area contributed by atoms with Crippen LogP contribution in [0, 0.1) is 5.92 Å². The summed E-state index contributed by atoms with van der Waals surface area (Å²) >= 11 is 6.03. The number of carbonyl (C=O) groups excluding carboxylic acids is 4. The number of hydrogen-bond acceptors (Lipinski definition) is 7. The summed E-state index contributed by atoms with van der Waals surface area (Å²) < 4.78 is 15.0. The molecule has 2 aromatic carbocycles. The Kier molecular flexibility index (Phi) is 7.32. The monoisotopic (exact) mass is 460 g/mol. The van der Waals surface area contributed by atoms with Gasteiger partial charge < -0.3 is 24.4 Å². The first-order chi connectivity index (χ1) is 15.3.